The number of rotatable bonds is 0. The first-order valence-corrected chi connectivity index (χ1v) is 8.79. The quantitative estimate of drug-likeness (QED) is 0.323. The van der Waals surface area contributed by atoms with E-state index in [-0.39, 0.29) is 0 Å². The first kappa shape index (κ1) is 12.1. The molecule has 0 fully saturated rings. The van der Waals surface area contributed by atoms with E-state index in [0.29, 0.717) is 23.6 Å². The molecule has 1 spiro atoms. The molecule has 0 N–H and O–H groups in total. The molecular weight excluding hydrogens is 316 g/mol. The number of fused-ring (bicyclic) bond motifs is 9. The Bertz CT molecular complexity index is 1180. The molecule has 1 aliphatic carbocycles. The Morgan fingerprint density at radius 1 is 0.538 bits per heavy atom. The summed E-state index contributed by atoms with van der Waals surface area (Å²) in [5, 5.41) is 0. The minimum absolute atomic E-state index is 0.416. The number of ether oxygens (including phenoxy) is 1. The first-order chi connectivity index (χ1) is 13.7. The monoisotopic (exact) mass is 334 g/mol. The van der Waals surface area contributed by atoms with Gasteiger partial charge in [-0.15, -0.1) is 0 Å². The molecule has 0 radical (unpaired) electrons. The van der Waals surface area contributed by atoms with Crippen LogP contribution in [-0.4, -0.2) is 0 Å². The fourth-order valence-corrected chi connectivity index (χ4v) is 4.70. The van der Waals surface area contributed by atoms with E-state index in [0.717, 1.165) is 11.1 Å². The average molecular weight is 334 g/mol. The number of hydrogen-bond donors (Lipinski definition) is 0. The largest absolute Gasteiger partial charge is 0.457 e. The van der Waals surface area contributed by atoms with Gasteiger partial charge < -0.3 is 4.74 Å². The van der Waals surface area contributed by atoms with Crippen molar-refractivity contribution in [2.75, 3.05) is 0 Å². The Hall–Kier alpha value is -3.32. The molecule has 26 heavy (non-hydrogen) atoms. The Kier molecular flexibility index (Phi) is 2.26. The van der Waals surface area contributed by atoms with Crippen LogP contribution in [0.25, 0.3) is 11.1 Å². The second-order valence-electron chi connectivity index (χ2n) is 6.79. The Labute approximate surface area is 155 Å². The molecule has 0 saturated carbocycles. The third-order valence-electron chi connectivity index (χ3n) is 5.63. The minimum Gasteiger partial charge on any atom is -0.457 e. The predicted molar refractivity (Wildman–Crippen MR) is 104 cm³/mol. The highest BCUT2D eigenvalue weighted by molar-refractivity contribution is 5.88. The lowest BCUT2D eigenvalue weighted by molar-refractivity contribution is 0.436. The van der Waals surface area contributed by atoms with Gasteiger partial charge >= 0.3 is 0 Å². The molecule has 0 unspecified atom stereocenters. The highest BCUT2D eigenvalue weighted by Gasteiger charge is 2.50. The summed E-state index contributed by atoms with van der Waals surface area (Å²) < 4.78 is 22.4. The van der Waals surface area contributed by atoms with Gasteiger partial charge in [0.05, 0.1) is 8.16 Å². The molecule has 0 aromatic heterocycles. The number of para-hydroxylation sites is 2. The van der Waals surface area contributed by atoms with Crippen LogP contribution in [0, 0.1) is 0 Å². The van der Waals surface area contributed by atoms with Crippen LogP contribution >= 0.6 is 0 Å². The van der Waals surface area contributed by atoms with E-state index in [4.69, 9.17) is 7.48 Å². The van der Waals surface area contributed by atoms with E-state index in [1.807, 2.05) is 24.3 Å². The summed E-state index contributed by atoms with van der Waals surface area (Å²) in [5.74, 6) is 1.38. The van der Waals surface area contributed by atoms with Crippen molar-refractivity contribution in [1.82, 2.24) is 0 Å². The lowest BCUT2D eigenvalue weighted by Crippen LogP contribution is -2.32. The van der Waals surface area contributed by atoms with Crippen LogP contribution in [-0.2, 0) is 5.41 Å². The van der Waals surface area contributed by atoms with Gasteiger partial charge in [0.2, 0.25) is 0 Å². The van der Waals surface area contributed by atoms with E-state index < -0.39 is 5.41 Å². The van der Waals surface area contributed by atoms with E-state index in [9.17, 15) is 0 Å². The van der Waals surface area contributed by atoms with Gasteiger partial charge in [0.1, 0.15) is 11.5 Å². The van der Waals surface area contributed by atoms with Crippen molar-refractivity contribution in [3.05, 3.63) is 119 Å². The fraction of sp³-hybridized carbons (Fsp3) is 0.0400. The van der Waals surface area contributed by atoms with Crippen molar-refractivity contribution < 1.29 is 7.48 Å². The number of hydrogen-bond acceptors (Lipinski definition) is 1. The van der Waals surface area contributed by atoms with E-state index in [1.54, 1.807) is 12.1 Å². The molecular formula is C25H16O. The molecule has 122 valence electrons. The normalized spacial score (nSPS) is 15.8. The Balaban J connectivity index is 1.84. The molecule has 0 saturated heterocycles. The highest BCUT2D eigenvalue weighted by Crippen LogP contribution is 2.61. The van der Waals surface area contributed by atoms with Gasteiger partial charge in [0.15, 0.2) is 0 Å². The standard InChI is InChI=1S/C25H16O/c1-3-11-19-17(9-1)18-10-2-4-12-20(18)25(19)21-13-5-7-15-23(21)26-24-16-8-6-14-22(24)25/h1-16H/i7D,8D. The van der Waals surface area contributed by atoms with Gasteiger partial charge in [-0.05, 0) is 34.4 Å². The van der Waals surface area contributed by atoms with Crippen molar-refractivity contribution in [3.8, 4) is 22.6 Å². The zero-order valence-electron chi connectivity index (χ0n) is 16.0. The lowest BCUT2D eigenvalue weighted by atomic mass is 9.66. The molecule has 1 heteroatoms. The maximum atomic E-state index is 8.09. The van der Waals surface area contributed by atoms with Crippen LogP contribution in [0.1, 0.15) is 25.0 Å². The molecule has 1 heterocycles. The molecule has 4 aromatic rings. The van der Waals surface area contributed by atoms with Crippen molar-refractivity contribution in [1.29, 1.82) is 0 Å². The Morgan fingerprint density at radius 2 is 1.00 bits per heavy atom. The summed E-state index contributed by atoms with van der Waals surface area (Å²) in [6.07, 6.45) is 0. The highest BCUT2D eigenvalue weighted by atomic mass is 16.5. The molecule has 0 amide bonds. The zero-order chi connectivity index (χ0) is 18.9. The van der Waals surface area contributed by atoms with Crippen LogP contribution in [0.15, 0.2) is 97.0 Å². The van der Waals surface area contributed by atoms with E-state index in [1.165, 1.54) is 22.3 Å². The van der Waals surface area contributed by atoms with Crippen LogP contribution in [0.5, 0.6) is 11.5 Å². The first-order valence-electron chi connectivity index (χ1n) is 9.79. The molecule has 0 atom stereocenters. The van der Waals surface area contributed by atoms with Gasteiger partial charge in [-0.3, -0.25) is 0 Å². The van der Waals surface area contributed by atoms with Crippen LogP contribution in [0.3, 0.4) is 0 Å². The maximum absolute atomic E-state index is 8.09. The van der Waals surface area contributed by atoms with Crippen molar-refractivity contribution >= 4 is 0 Å². The predicted octanol–water partition coefficient (Wildman–Crippen LogP) is 6.16. The van der Waals surface area contributed by atoms with Gasteiger partial charge in [-0.25, -0.2) is 0 Å². The molecule has 1 aliphatic heterocycles. The summed E-state index contributed by atoms with van der Waals surface area (Å²) in [7, 11) is 0. The summed E-state index contributed by atoms with van der Waals surface area (Å²) >= 11 is 0. The zero-order valence-corrected chi connectivity index (χ0v) is 14.0. The molecule has 2 aliphatic rings. The van der Waals surface area contributed by atoms with Gasteiger partial charge in [-0.2, -0.15) is 0 Å². The summed E-state index contributed by atoms with van der Waals surface area (Å²) in [5.41, 5.74) is 6.48. The van der Waals surface area contributed by atoms with Crippen molar-refractivity contribution in [2.24, 2.45) is 0 Å². The van der Waals surface area contributed by atoms with Crippen LogP contribution < -0.4 is 4.74 Å². The molecule has 6 rings (SSSR count). The summed E-state index contributed by atoms with van der Waals surface area (Å²) in [6, 6.07) is 29.2. The third-order valence-corrected chi connectivity index (χ3v) is 5.63. The molecule has 4 aromatic carbocycles. The van der Waals surface area contributed by atoms with E-state index >= 15 is 0 Å². The smallest absolute Gasteiger partial charge is 0.132 e. The third kappa shape index (κ3) is 1.52. The van der Waals surface area contributed by atoms with Crippen LogP contribution in [0.2, 0.25) is 0 Å². The SMILES string of the molecule is [2H]c1ccc2c(c1)Oc1cc([2H])ccc1C21c2ccccc2-c2ccccc21. The molecule has 0 bridgehead atoms. The number of benzene rings is 4. The lowest BCUT2D eigenvalue weighted by Gasteiger charge is -2.39. The van der Waals surface area contributed by atoms with Crippen molar-refractivity contribution in [3.63, 3.8) is 0 Å². The summed E-state index contributed by atoms with van der Waals surface area (Å²) in [4.78, 5) is 0. The fourth-order valence-electron chi connectivity index (χ4n) is 4.70. The maximum Gasteiger partial charge on any atom is 0.132 e. The Morgan fingerprint density at radius 3 is 1.54 bits per heavy atom. The summed E-state index contributed by atoms with van der Waals surface area (Å²) in [6.45, 7) is 0. The second kappa shape index (κ2) is 4.86. The van der Waals surface area contributed by atoms with Gasteiger partial charge in [0, 0.05) is 11.1 Å². The van der Waals surface area contributed by atoms with Crippen molar-refractivity contribution in [2.45, 2.75) is 5.41 Å². The van der Waals surface area contributed by atoms with Gasteiger partial charge in [0.25, 0.3) is 0 Å². The van der Waals surface area contributed by atoms with E-state index in [2.05, 4.69) is 48.5 Å². The average Bonchev–Trinajstić information content (AvgIpc) is 2.99. The topological polar surface area (TPSA) is 9.23 Å². The van der Waals surface area contributed by atoms with Crippen LogP contribution in [0.4, 0.5) is 0 Å². The minimum atomic E-state index is -0.502. The van der Waals surface area contributed by atoms with Gasteiger partial charge in [-0.1, -0.05) is 84.9 Å². The molecule has 1 nitrogen and oxygen atoms in total. The second-order valence-corrected chi connectivity index (χ2v) is 6.79.